The van der Waals surface area contributed by atoms with Crippen molar-refractivity contribution in [3.63, 3.8) is 0 Å². The van der Waals surface area contributed by atoms with Crippen molar-refractivity contribution in [1.29, 1.82) is 0 Å². The van der Waals surface area contributed by atoms with Gasteiger partial charge in [-0.3, -0.25) is 0 Å². The molecule has 0 amide bonds. The minimum Gasteiger partial charge on any atom is -0.324 e. The summed E-state index contributed by atoms with van der Waals surface area (Å²) in [6, 6.07) is 9.50. The van der Waals surface area contributed by atoms with Crippen LogP contribution in [-0.2, 0) is 6.18 Å². The number of hydrogen-bond acceptors (Lipinski definition) is 5. The molecule has 10 heteroatoms. The molecule has 0 radical (unpaired) electrons. The Labute approximate surface area is 156 Å². The molecule has 0 aliphatic carbocycles. The van der Waals surface area contributed by atoms with Gasteiger partial charge in [-0.25, -0.2) is 14.4 Å². The van der Waals surface area contributed by atoms with E-state index < -0.39 is 17.6 Å². The van der Waals surface area contributed by atoms with Gasteiger partial charge < -0.3 is 10.2 Å². The van der Waals surface area contributed by atoms with Gasteiger partial charge in [-0.15, -0.1) is 0 Å². The monoisotopic (exact) mass is 397 g/mol. The summed E-state index contributed by atoms with van der Waals surface area (Å²) < 4.78 is 51.9. The first-order valence-electron chi connectivity index (χ1n) is 7.56. The fourth-order valence-electron chi connectivity index (χ4n) is 2.26. The molecular formula is C17H12ClF4N5. The van der Waals surface area contributed by atoms with Crippen LogP contribution in [0.2, 0.25) is 5.02 Å². The predicted octanol–water partition coefficient (Wildman–Crippen LogP) is 5.19. The molecule has 0 bridgehead atoms. The minimum atomic E-state index is -4.81. The van der Waals surface area contributed by atoms with E-state index in [4.69, 9.17) is 11.6 Å². The first-order valence-corrected chi connectivity index (χ1v) is 7.94. The third-order valence-corrected chi connectivity index (χ3v) is 3.82. The van der Waals surface area contributed by atoms with Crippen LogP contribution < -0.4 is 10.2 Å². The minimum absolute atomic E-state index is 0.00797. The first-order chi connectivity index (χ1) is 12.7. The number of rotatable bonds is 4. The third-order valence-electron chi connectivity index (χ3n) is 3.58. The molecule has 1 heterocycles. The van der Waals surface area contributed by atoms with Crippen LogP contribution in [0.25, 0.3) is 0 Å². The van der Waals surface area contributed by atoms with Gasteiger partial charge in [0, 0.05) is 23.4 Å². The van der Waals surface area contributed by atoms with Crippen LogP contribution in [0.4, 0.5) is 40.8 Å². The van der Waals surface area contributed by atoms with E-state index in [-0.39, 0.29) is 17.6 Å². The predicted molar refractivity (Wildman–Crippen MR) is 94.0 cm³/mol. The SMILES string of the molecule is CN(c1cccc(Cl)c1)c1ncnc(Nc2ccc(F)c(C(F)(F)F)c2)n1. The van der Waals surface area contributed by atoms with Crippen molar-refractivity contribution in [3.05, 3.63) is 65.2 Å². The second kappa shape index (κ2) is 7.36. The summed E-state index contributed by atoms with van der Waals surface area (Å²) in [4.78, 5) is 13.7. The lowest BCUT2D eigenvalue weighted by molar-refractivity contribution is -0.139. The van der Waals surface area contributed by atoms with Crippen molar-refractivity contribution in [3.8, 4) is 0 Å². The standard InChI is InChI=1S/C17H12ClF4N5/c1-27(12-4-2-3-10(18)7-12)16-24-9-23-15(26-16)25-11-5-6-14(19)13(8-11)17(20,21)22/h2-9H,1H3,(H,23,24,25,26). The van der Waals surface area contributed by atoms with Crippen LogP contribution in [-0.4, -0.2) is 22.0 Å². The average Bonchev–Trinajstić information content (AvgIpc) is 2.62. The fourth-order valence-corrected chi connectivity index (χ4v) is 2.44. The highest BCUT2D eigenvalue weighted by atomic mass is 35.5. The van der Waals surface area contributed by atoms with Gasteiger partial charge in [0.05, 0.1) is 5.56 Å². The maximum absolute atomic E-state index is 13.4. The highest BCUT2D eigenvalue weighted by molar-refractivity contribution is 6.30. The van der Waals surface area contributed by atoms with E-state index in [0.29, 0.717) is 16.8 Å². The van der Waals surface area contributed by atoms with E-state index >= 15 is 0 Å². The van der Waals surface area contributed by atoms with Gasteiger partial charge in [-0.2, -0.15) is 18.2 Å². The van der Waals surface area contributed by atoms with Crippen molar-refractivity contribution >= 4 is 34.9 Å². The van der Waals surface area contributed by atoms with Crippen LogP contribution in [0.3, 0.4) is 0 Å². The number of aromatic nitrogens is 3. The quantitative estimate of drug-likeness (QED) is 0.614. The Morgan fingerprint density at radius 1 is 1.07 bits per heavy atom. The zero-order chi connectivity index (χ0) is 19.6. The van der Waals surface area contributed by atoms with Crippen LogP contribution in [0.1, 0.15) is 5.56 Å². The van der Waals surface area contributed by atoms with Crippen molar-refractivity contribution < 1.29 is 17.6 Å². The van der Waals surface area contributed by atoms with Crippen LogP contribution >= 0.6 is 11.6 Å². The van der Waals surface area contributed by atoms with Crippen molar-refractivity contribution in [2.45, 2.75) is 6.18 Å². The highest BCUT2D eigenvalue weighted by Crippen LogP contribution is 2.33. The third kappa shape index (κ3) is 4.43. The molecule has 3 aromatic rings. The van der Waals surface area contributed by atoms with Crippen molar-refractivity contribution in [1.82, 2.24) is 15.0 Å². The highest BCUT2D eigenvalue weighted by Gasteiger charge is 2.34. The molecule has 1 aromatic heterocycles. The van der Waals surface area contributed by atoms with Gasteiger partial charge in [0.2, 0.25) is 11.9 Å². The van der Waals surface area contributed by atoms with Crippen molar-refractivity contribution in [2.75, 3.05) is 17.3 Å². The summed E-state index contributed by atoms with van der Waals surface area (Å²) in [5.74, 6) is -1.10. The molecule has 0 spiro atoms. The van der Waals surface area contributed by atoms with E-state index in [1.807, 2.05) is 0 Å². The van der Waals surface area contributed by atoms with Crippen LogP contribution in [0.5, 0.6) is 0 Å². The van der Waals surface area contributed by atoms with Crippen LogP contribution in [0.15, 0.2) is 48.8 Å². The smallest absolute Gasteiger partial charge is 0.324 e. The summed E-state index contributed by atoms with van der Waals surface area (Å²) in [6.45, 7) is 0. The van der Waals surface area contributed by atoms with Crippen molar-refractivity contribution in [2.24, 2.45) is 0 Å². The Kier molecular flexibility index (Phi) is 5.13. The summed E-state index contributed by atoms with van der Waals surface area (Å²) in [5, 5.41) is 3.15. The lowest BCUT2D eigenvalue weighted by Crippen LogP contribution is -2.14. The van der Waals surface area contributed by atoms with E-state index in [0.717, 1.165) is 12.1 Å². The Morgan fingerprint density at radius 2 is 1.85 bits per heavy atom. The molecular weight excluding hydrogens is 386 g/mol. The number of alkyl halides is 3. The molecule has 5 nitrogen and oxygen atoms in total. The molecule has 0 aliphatic rings. The number of nitrogens with one attached hydrogen (secondary N) is 1. The number of nitrogens with zero attached hydrogens (tertiary/aromatic N) is 4. The molecule has 1 N–H and O–H groups in total. The first kappa shape index (κ1) is 18.8. The molecule has 0 atom stereocenters. The Morgan fingerprint density at radius 3 is 2.56 bits per heavy atom. The number of hydrogen-bond donors (Lipinski definition) is 1. The number of benzene rings is 2. The van der Waals surface area contributed by atoms with E-state index in [1.165, 1.54) is 6.33 Å². The van der Waals surface area contributed by atoms with Gasteiger partial charge in [0.25, 0.3) is 0 Å². The lowest BCUT2D eigenvalue weighted by atomic mass is 10.2. The average molecular weight is 398 g/mol. The second-order valence-corrected chi connectivity index (χ2v) is 5.90. The molecule has 2 aromatic carbocycles. The summed E-state index contributed by atoms with van der Waals surface area (Å²) >= 11 is 5.96. The van der Waals surface area contributed by atoms with Gasteiger partial charge in [-0.1, -0.05) is 17.7 Å². The Bertz CT molecular complexity index is 964. The molecule has 0 saturated carbocycles. The lowest BCUT2D eigenvalue weighted by Gasteiger charge is -2.17. The zero-order valence-corrected chi connectivity index (χ0v) is 14.6. The van der Waals surface area contributed by atoms with E-state index in [1.54, 1.807) is 36.2 Å². The number of halogens is 5. The second-order valence-electron chi connectivity index (χ2n) is 5.47. The topological polar surface area (TPSA) is 53.9 Å². The maximum atomic E-state index is 13.4. The van der Waals surface area contributed by atoms with E-state index in [9.17, 15) is 17.6 Å². The summed E-state index contributed by atoms with van der Waals surface area (Å²) in [5.41, 5.74) is -0.676. The largest absolute Gasteiger partial charge is 0.419 e. The maximum Gasteiger partial charge on any atom is 0.419 e. The van der Waals surface area contributed by atoms with E-state index in [2.05, 4.69) is 20.3 Å². The molecule has 0 saturated heterocycles. The fraction of sp³-hybridized carbons (Fsp3) is 0.118. The Balaban J connectivity index is 1.86. The molecule has 3 rings (SSSR count). The number of anilines is 4. The zero-order valence-electron chi connectivity index (χ0n) is 13.8. The normalized spacial score (nSPS) is 11.3. The van der Waals surface area contributed by atoms with Crippen LogP contribution in [0, 0.1) is 5.82 Å². The van der Waals surface area contributed by atoms with Gasteiger partial charge in [0.1, 0.15) is 12.1 Å². The summed E-state index contributed by atoms with van der Waals surface area (Å²) in [6.07, 6.45) is -3.60. The molecule has 0 unspecified atom stereocenters. The molecule has 0 aliphatic heterocycles. The Hall–Kier alpha value is -2.94. The van der Waals surface area contributed by atoms with Gasteiger partial charge in [0.15, 0.2) is 0 Å². The molecule has 27 heavy (non-hydrogen) atoms. The molecule has 140 valence electrons. The van der Waals surface area contributed by atoms with Gasteiger partial charge >= 0.3 is 6.18 Å². The molecule has 0 fully saturated rings. The van der Waals surface area contributed by atoms with Gasteiger partial charge in [-0.05, 0) is 36.4 Å². The summed E-state index contributed by atoms with van der Waals surface area (Å²) in [7, 11) is 1.70.